The number of quaternary nitrogens is 1. The van der Waals surface area contributed by atoms with E-state index in [4.69, 9.17) is 4.74 Å². The molecule has 1 unspecified atom stereocenters. The van der Waals surface area contributed by atoms with E-state index >= 15 is 0 Å². The lowest BCUT2D eigenvalue weighted by Crippen LogP contribution is -2.88. The van der Waals surface area contributed by atoms with Gasteiger partial charge in [0.2, 0.25) is 6.04 Å². The average Bonchev–Trinajstić information content (AvgIpc) is 2.28. The molecule has 0 saturated carbocycles. The molecule has 2 N–H and O–H groups in total. The summed E-state index contributed by atoms with van der Waals surface area (Å²) in [6.45, 7) is 3.25. The Bertz CT molecular complexity index is 362. The molecule has 0 radical (unpaired) electrons. The first-order valence-electron chi connectivity index (χ1n) is 5.40. The van der Waals surface area contributed by atoms with Gasteiger partial charge in [0, 0.05) is 12.0 Å². The largest absolute Gasteiger partial charge is 0.461 e. The van der Waals surface area contributed by atoms with Gasteiger partial charge >= 0.3 is 5.97 Å². The van der Waals surface area contributed by atoms with Gasteiger partial charge in [0.25, 0.3) is 0 Å². The van der Waals surface area contributed by atoms with Gasteiger partial charge in [-0.05, 0) is 12.5 Å². The van der Waals surface area contributed by atoms with Crippen LogP contribution in [-0.4, -0.2) is 19.1 Å². The number of carbonyl (C=O) groups is 1. The van der Waals surface area contributed by atoms with Gasteiger partial charge in [0.05, 0.1) is 13.2 Å². The number of esters is 1. The van der Waals surface area contributed by atoms with Crippen molar-refractivity contribution in [2.24, 2.45) is 0 Å². The molecule has 1 aliphatic rings. The monoisotopic (exact) mass is 206 g/mol. The topological polar surface area (TPSA) is 42.9 Å². The summed E-state index contributed by atoms with van der Waals surface area (Å²) in [4.78, 5) is 11.7. The molecule has 2 rings (SSSR count). The van der Waals surface area contributed by atoms with E-state index in [1.165, 1.54) is 5.56 Å². The van der Waals surface area contributed by atoms with Crippen molar-refractivity contribution in [2.45, 2.75) is 19.4 Å². The zero-order valence-electron chi connectivity index (χ0n) is 8.90. The third-order valence-corrected chi connectivity index (χ3v) is 2.75. The molecule has 0 bridgehead atoms. The zero-order valence-corrected chi connectivity index (χ0v) is 8.90. The van der Waals surface area contributed by atoms with Crippen molar-refractivity contribution in [3.05, 3.63) is 35.4 Å². The van der Waals surface area contributed by atoms with Gasteiger partial charge in [-0.3, -0.25) is 0 Å². The third-order valence-electron chi connectivity index (χ3n) is 2.75. The highest BCUT2D eigenvalue weighted by atomic mass is 16.5. The first-order valence-corrected chi connectivity index (χ1v) is 5.40. The minimum atomic E-state index is -0.158. The second-order valence-electron chi connectivity index (χ2n) is 3.70. The van der Waals surface area contributed by atoms with Crippen molar-refractivity contribution in [1.82, 2.24) is 0 Å². The second-order valence-corrected chi connectivity index (χ2v) is 3.70. The molecule has 0 aliphatic carbocycles. The van der Waals surface area contributed by atoms with E-state index in [2.05, 4.69) is 11.4 Å². The Balaban J connectivity index is 2.25. The average molecular weight is 206 g/mol. The standard InChI is InChI=1S/C12H15NO2/c1-2-15-12(14)11-10-6-4-3-5-9(10)7-8-13-11/h3-6,11,13H,2,7-8H2,1H3/p+1. The molecule has 1 heterocycles. The Morgan fingerprint density at radius 3 is 3.13 bits per heavy atom. The van der Waals surface area contributed by atoms with Crippen molar-refractivity contribution in [3.63, 3.8) is 0 Å². The highest BCUT2D eigenvalue weighted by Gasteiger charge is 2.30. The molecule has 0 fully saturated rings. The Morgan fingerprint density at radius 2 is 2.33 bits per heavy atom. The molecule has 0 amide bonds. The zero-order chi connectivity index (χ0) is 10.7. The molecule has 3 nitrogen and oxygen atoms in total. The van der Waals surface area contributed by atoms with Crippen LogP contribution < -0.4 is 5.32 Å². The lowest BCUT2D eigenvalue weighted by atomic mass is 9.94. The summed E-state index contributed by atoms with van der Waals surface area (Å²) >= 11 is 0. The Labute approximate surface area is 89.4 Å². The SMILES string of the molecule is CCOC(=O)C1[NH2+]CCc2ccccc21. The minimum Gasteiger partial charge on any atom is -0.461 e. The molecule has 0 spiro atoms. The first kappa shape index (κ1) is 10.2. The lowest BCUT2D eigenvalue weighted by Gasteiger charge is -2.21. The van der Waals surface area contributed by atoms with Crippen LogP contribution in [0.1, 0.15) is 24.1 Å². The third kappa shape index (κ3) is 2.02. The molecule has 0 aromatic heterocycles. The number of nitrogens with two attached hydrogens (primary N) is 1. The lowest BCUT2D eigenvalue weighted by molar-refractivity contribution is -0.687. The van der Waals surface area contributed by atoms with Crippen LogP contribution in [0.15, 0.2) is 24.3 Å². The number of rotatable bonds is 2. The summed E-state index contributed by atoms with van der Waals surface area (Å²) in [7, 11) is 0. The van der Waals surface area contributed by atoms with E-state index in [0.717, 1.165) is 18.5 Å². The summed E-state index contributed by atoms with van der Waals surface area (Å²) < 4.78 is 5.07. The normalized spacial score (nSPS) is 19.4. The number of benzene rings is 1. The predicted octanol–water partition coefficient (Wildman–Crippen LogP) is 0.410. The molecule has 80 valence electrons. The van der Waals surface area contributed by atoms with Crippen LogP contribution in [0.5, 0.6) is 0 Å². The minimum absolute atomic E-state index is 0.121. The van der Waals surface area contributed by atoms with Crippen LogP contribution in [0, 0.1) is 0 Å². The molecule has 0 saturated heterocycles. The van der Waals surface area contributed by atoms with Crippen LogP contribution in [-0.2, 0) is 16.0 Å². The van der Waals surface area contributed by atoms with Gasteiger partial charge in [-0.25, -0.2) is 4.79 Å². The van der Waals surface area contributed by atoms with Crippen LogP contribution in [0.3, 0.4) is 0 Å². The molecule has 1 atom stereocenters. The van der Waals surface area contributed by atoms with Crippen molar-refractivity contribution >= 4 is 5.97 Å². The maximum absolute atomic E-state index is 11.7. The van der Waals surface area contributed by atoms with Crippen molar-refractivity contribution in [2.75, 3.05) is 13.2 Å². The molecule has 1 aromatic carbocycles. The van der Waals surface area contributed by atoms with Crippen molar-refractivity contribution in [1.29, 1.82) is 0 Å². The van der Waals surface area contributed by atoms with E-state index in [1.54, 1.807) is 0 Å². The van der Waals surface area contributed by atoms with Gasteiger partial charge in [-0.15, -0.1) is 0 Å². The van der Waals surface area contributed by atoms with Crippen LogP contribution in [0.25, 0.3) is 0 Å². The fraction of sp³-hybridized carbons (Fsp3) is 0.417. The Morgan fingerprint density at radius 1 is 1.53 bits per heavy atom. The molecule has 1 aromatic rings. The predicted molar refractivity (Wildman–Crippen MR) is 56.3 cm³/mol. The maximum Gasteiger partial charge on any atom is 0.369 e. The molecule has 15 heavy (non-hydrogen) atoms. The van der Waals surface area contributed by atoms with E-state index in [-0.39, 0.29) is 12.0 Å². The Kier molecular flexibility index (Phi) is 3.02. The molecular formula is C12H16NO2+. The fourth-order valence-electron chi connectivity index (χ4n) is 2.05. The summed E-state index contributed by atoms with van der Waals surface area (Å²) in [6, 6.07) is 7.95. The fourth-order valence-corrected chi connectivity index (χ4v) is 2.05. The van der Waals surface area contributed by atoms with E-state index < -0.39 is 0 Å². The number of ether oxygens (including phenoxy) is 1. The molecule has 1 aliphatic heterocycles. The summed E-state index contributed by atoms with van der Waals surface area (Å²) in [5, 5.41) is 2.06. The van der Waals surface area contributed by atoms with Gasteiger partial charge in [-0.1, -0.05) is 24.3 Å². The number of carbonyl (C=O) groups excluding carboxylic acids is 1. The number of hydrogen-bond donors (Lipinski definition) is 1. The summed E-state index contributed by atoms with van der Waals surface area (Å²) in [5.41, 5.74) is 2.39. The van der Waals surface area contributed by atoms with Gasteiger partial charge < -0.3 is 10.1 Å². The molecule has 3 heteroatoms. The van der Waals surface area contributed by atoms with Gasteiger partial charge in [0.15, 0.2) is 0 Å². The van der Waals surface area contributed by atoms with Crippen LogP contribution in [0.4, 0.5) is 0 Å². The van der Waals surface area contributed by atoms with Gasteiger partial charge in [-0.2, -0.15) is 0 Å². The van der Waals surface area contributed by atoms with Gasteiger partial charge in [0.1, 0.15) is 0 Å². The van der Waals surface area contributed by atoms with E-state index in [1.807, 2.05) is 25.1 Å². The summed E-state index contributed by atoms with van der Waals surface area (Å²) in [6.07, 6.45) is 1.03. The van der Waals surface area contributed by atoms with Crippen molar-refractivity contribution < 1.29 is 14.8 Å². The summed E-state index contributed by atoms with van der Waals surface area (Å²) in [5.74, 6) is -0.121. The quantitative estimate of drug-likeness (QED) is 0.712. The van der Waals surface area contributed by atoms with Crippen LogP contribution >= 0.6 is 0 Å². The van der Waals surface area contributed by atoms with E-state index in [9.17, 15) is 4.79 Å². The van der Waals surface area contributed by atoms with Crippen LogP contribution in [0.2, 0.25) is 0 Å². The smallest absolute Gasteiger partial charge is 0.369 e. The number of hydrogen-bond acceptors (Lipinski definition) is 2. The van der Waals surface area contributed by atoms with Crippen molar-refractivity contribution in [3.8, 4) is 0 Å². The first-order chi connectivity index (χ1) is 7.33. The number of fused-ring (bicyclic) bond motifs is 1. The highest BCUT2D eigenvalue weighted by molar-refractivity contribution is 5.76. The van der Waals surface area contributed by atoms with E-state index in [0.29, 0.717) is 6.61 Å². The maximum atomic E-state index is 11.7. The highest BCUT2D eigenvalue weighted by Crippen LogP contribution is 2.19. The second kappa shape index (κ2) is 4.45. The molecular weight excluding hydrogens is 190 g/mol. The Hall–Kier alpha value is -1.35.